The second-order valence-electron chi connectivity index (χ2n) is 6.61. The molecule has 2 heterocycles. The van der Waals surface area contributed by atoms with Crippen molar-refractivity contribution < 1.29 is 9.47 Å². The fourth-order valence-corrected chi connectivity index (χ4v) is 3.90. The molecule has 27 heavy (non-hydrogen) atoms. The Morgan fingerprint density at radius 1 is 1.19 bits per heavy atom. The van der Waals surface area contributed by atoms with E-state index in [1.807, 2.05) is 24.5 Å². The van der Waals surface area contributed by atoms with E-state index in [1.165, 1.54) is 12.8 Å². The Bertz CT molecular complexity index is 953. The average molecular weight is 388 g/mol. The summed E-state index contributed by atoms with van der Waals surface area (Å²) >= 11 is 6.20. The Balaban J connectivity index is 1.65. The van der Waals surface area contributed by atoms with Gasteiger partial charge in [-0.1, -0.05) is 25.0 Å². The van der Waals surface area contributed by atoms with Crippen LogP contribution in [-0.2, 0) is 6.54 Å². The van der Waals surface area contributed by atoms with Crippen molar-refractivity contribution in [2.45, 2.75) is 38.3 Å². The molecule has 7 nitrogen and oxygen atoms in total. The molecule has 1 aliphatic rings. The van der Waals surface area contributed by atoms with Crippen molar-refractivity contribution in [1.82, 2.24) is 19.5 Å². The van der Waals surface area contributed by atoms with Gasteiger partial charge in [-0.05, 0) is 30.5 Å². The molecule has 1 aliphatic carbocycles. The number of imidazole rings is 1. The van der Waals surface area contributed by atoms with Crippen molar-refractivity contribution in [3.63, 3.8) is 0 Å². The van der Waals surface area contributed by atoms with Crippen molar-refractivity contribution in [2.24, 2.45) is 0 Å². The number of nitrogens with one attached hydrogen (secondary N) is 1. The van der Waals surface area contributed by atoms with Gasteiger partial charge >= 0.3 is 0 Å². The Morgan fingerprint density at radius 2 is 2.00 bits per heavy atom. The van der Waals surface area contributed by atoms with E-state index in [2.05, 4.69) is 24.8 Å². The normalized spacial score (nSPS) is 14.6. The molecule has 0 saturated heterocycles. The number of hydrogen-bond acceptors (Lipinski definition) is 6. The molecule has 0 bridgehead atoms. The molecule has 142 valence electrons. The van der Waals surface area contributed by atoms with Gasteiger partial charge in [0.25, 0.3) is 0 Å². The lowest BCUT2D eigenvalue weighted by Gasteiger charge is -2.14. The summed E-state index contributed by atoms with van der Waals surface area (Å²) in [4.78, 5) is 13.3. The lowest BCUT2D eigenvalue weighted by Crippen LogP contribution is -2.07. The third-order valence-electron chi connectivity index (χ3n) is 5.04. The molecule has 1 N–H and O–H groups in total. The highest BCUT2D eigenvalue weighted by molar-refractivity contribution is 6.28. The van der Waals surface area contributed by atoms with Crippen LogP contribution < -0.4 is 14.8 Å². The first kappa shape index (κ1) is 17.9. The molecule has 0 unspecified atom stereocenters. The number of nitrogens with zero attached hydrogens (tertiary/aromatic N) is 4. The van der Waals surface area contributed by atoms with Gasteiger partial charge in [-0.15, -0.1) is 0 Å². The summed E-state index contributed by atoms with van der Waals surface area (Å²) in [6.07, 6.45) is 6.63. The minimum atomic E-state index is 0.211. The van der Waals surface area contributed by atoms with E-state index in [0.29, 0.717) is 29.9 Å². The van der Waals surface area contributed by atoms with Crippen LogP contribution in [0.4, 0.5) is 5.82 Å². The molecule has 8 heteroatoms. The summed E-state index contributed by atoms with van der Waals surface area (Å²) in [6.45, 7) is 0.499. The first-order chi connectivity index (χ1) is 13.2. The van der Waals surface area contributed by atoms with E-state index in [0.717, 1.165) is 29.6 Å². The Morgan fingerprint density at radius 3 is 2.74 bits per heavy atom. The largest absolute Gasteiger partial charge is 0.493 e. The van der Waals surface area contributed by atoms with Crippen LogP contribution >= 0.6 is 11.6 Å². The van der Waals surface area contributed by atoms with Crippen LogP contribution in [0.5, 0.6) is 11.5 Å². The van der Waals surface area contributed by atoms with Gasteiger partial charge in [0.2, 0.25) is 5.28 Å². The Labute approximate surface area is 162 Å². The standard InChI is InChI=1S/C19H22ClN5O2/c1-26-14-9-5-6-12(16(14)27-2)10-21-17-15-18(24-19(20)23-17)25(11-22-15)13-7-3-4-8-13/h5-6,9,11,13H,3-4,7-8,10H2,1-2H3,(H,21,23,24). The molecule has 0 aliphatic heterocycles. The zero-order valence-corrected chi connectivity index (χ0v) is 16.2. The summed E-state index contributed by atoms with van der Waals surface area (Å²) in [7, 11) is 3.25. The summed E-state index contributed by atoms with van der Waals surface area (Å²) in [6, 6.07) is 6.21. The maximum Gasteiger partial charge on any atom is 0.226 e. The number of rotatable bonds is 6. The highest BCUT2D eigenvalue weighted by Gasteiger charge is 2.21. The highest BCUT2D eigenvalue weighted by Crippen LogP contribution is 2.34. The maximum atomic E-state index is 6.20. The van der Waals surface area contributed by atoms with Crippen molar-refractivity contribution >= 4 is 28.6 Å². The zero-order valence-electron chi connectivity index (χ0n) is 15.4. The summed E-state index contributed by atoms with van der Waals surface area (Å²) in [5, 5.41) is 3.54. The topological polar surface area (TPSA) is 74.1 Å². The van der Waals surface area contributed by atoms with Gasteiger partial charge in [0.1, 0.15) is 0 Å². The van der Waals surface area contributed by atoms with Crippen LogP contribution in [0.3, 0.4) is 0 Å². The molecule has 4 rings (SSSR count). The van der Waals surface area contributed by atoms with E-state index < -0.39 is 0 Å². The average Bonchev–Trinajstić information content (AvgIpc) is 3.34. The monoisotopic (exact) mass is 387 g/mol. The number of fused-ring (bicyclic) bond motifs is 1. The number of ether oxygens (including phenoxy) is 2. The number of aromatic nitrogens is 4. The van der Waals surface area contributed by atoms with Gasteiger partial charge in [0, 0.05) is 18.2 Å². The highest BCUT2D eigenvalue weighted by atomic mass is 35.5. The fraction of sp³-hybridized carbons (Fsp3) is 0.421. The summed E-state index contributed by atoms with van der Waals surface area (Å²) < 4.78 is 13.0. The maximum absolute atomic E-state index is 6.20. The van der Waals surface area contributed by atoms with Crippen molar-refractivity contribution in [1.29, 1.82) is 0 Å². The minimum Gasteiger partial charge on any atom is -0.493 e. The van der Waals surface area contributed by atoms with Crippen molar-refractivity contribution in [3.8, 4) is 11.5 Å². The predicted molar refractivity (Wildman–Crippen MR) is 105 cm³/mol. The number of para-hydroxylation sites is 1. The molecular formula is C19H22ClN5O2. The van der Waals surface area contributed by atoms with Crippen molar-refractivity contribution in [2.75, 3.05) is 19.5 Å². The first-order valence-corrected chi connectivity index (χ1v) is 9.43. The number of anilines is 1. The molecule has 3 aromatic rings. The van der Waals surface area contributed by atoms with Crippen LogP contribution in [0, 0.1) is 0 Å². The van der Waals surface area contributed by atoms with Crippen molar-refractivity contribution in [3.05, 3.63) is 35.4 Å². The van der Waals surface area contributed by atoms with E-state index >= 15 is 0 Å². The van der Waals surface area contributed by atoms with Crippen LogP contribution in [0.2, 0.25) is 5.28 Å². The summed E-state index contributed by atoms with van der Waals surface area (Å²) in [5.41, 5.74) is 2.46. The number of methoxy groups -OCH3 is 2. The number of hydrogen-bond donors (Lipinski definition) is 1. The molecular weight excluding hydrogens is 366 g/mol. The van der Waals surface area contributed by atoms with Gasteiger partial charge in [-0.2, -0.15) is 9.97 Å². The molecule has 0 radical (unpaired) electrons. The molecule has 0 spiro atoms. The van der Waals surface area contributed by atoms with Gasteiger partial charge in [-0.25, -0.2) is 4.98 Å². The van der Waals surface area contributed by atoms with Crippen LogP contribution in [0.15, 0.2) is 24.5 Å². The second kappa shape index (κ2) is 7.60. The van der Waals surface area contributed by atoms with E-state index in [1.54, 1.807) is 14.2 Å². The zero-order chi connectivity index (χ0) is 18.8. The SMILES string of the molecule is COc1cccc(CNc2nc(Cl)nc3c2ncn3C2CCCC2)c1OC. The molecule has 1 aromatic carbocycles. The van der Waals surface area contributed by atoms with Crippen LogP contribution in [0.25, 0.3) is 11.2 Å². The van der Waals surface area contributed by atoms with Crippen LogP contribution in [-0.4, -0.2) is 33.7 Å². The molecule has 2 aromatic heterocycles. The lowest BCUT2D eigenvalue weighted by molar-refractivity contribution is 0.352. The molecule has 1 saturated carbocycles. The third-order valence-corrected chi connectivity index (χ3v) is 5.21. The van der Waals surface area contributed by atoms with Gasteiger partial charge in [0.05, 0.1) is 20.5 Å². The number of benzene rings is 1. The Kier molecular flexibility index (Phi) is 5.03. The first-order valence-electron chi connectivity index (χ1n) is 9.05. The van der Waals surface area contributed by atoms with E-state index in [-0.39, 0.29) is 5.28 Å². The van der Waals surface area contributed by atoms with E-state index in [9.17, 15) is 0 Å². The predicted octanol–water partition coefficient (Wildman–Crippen LogP) is 4.22. The van der Waals surface area contributed by atoms with Gasteiger partial charge in [0.15, 0.2) is 28.5 Å². The Hall–Kier alpha value is -2.54. The molecule has 0 atom stereocenters. The van der Waals surface area contributed by atoms with Gasteiger partial charge < -0.3 is 19.4 Å². The summed E-state index contributed by atoms with van der Waals surface area (Å²) in [5.74, 6) is 2.00. The minimum absolute atomic E-state index is 0.211. The number of halogens is 1. The smallest absolute Gasteiger partial charge is 0.226 e. The molecule has 1 fully saturated rings. The molecule has 0 amide bonds. The fourth-order valence-electron chi connectivity index (χ4n) is 3.73. The lowest BCUT2D eigenvalue weighted by atomic mass is 10.2. The second-order valence-corrected chi connectivity index (χ2v) is 6.95. The van der Waals surface area contributed by atoms with Crippen LogP contribution in [0.1, 0.15) is 37.3 Å². The quantitative estimate of drug-likeness (QED) is 0.638. The van der Waals surface area contributed by atoms with Gasteiger partial charge in [-0.3, -0.25) is 0 Å². The third kappa shape index (κ3) is 3.39. The van der Waals surface area contributed by atoms with E-state index in [4.69, 9.17) is 21.1 Å².